The molecule has 1 saturated carbocycles. The standard InChI is InChI=1S/C62H65N3O11/c1-67-51-34-32-50(33-35-51)42-74-60-58(72-40-48-28-16-6-17-29-48)56(70-38-46-24-12-4-13-25-46)57(71-39-47-26-14-5-15-27-47)59(73-41-49-30-18-7-19-31-49)61(60)76-62-53(64-65-63)55(69-37-45-22-10-3-11-23-45)54(66)52(75-62)43-68-36-44-20-8-2-9-21-44/h2-35,52-62,66H,36-43H2,1H3/t52-,53-,54-,55-,56?,57-,58-,59+,60-,61-,62-/m1/s1. The smallest absolute Gasteiger partial charge is 0.169 e. The molecule has 7 aromatic rings. The summed E-state index contributed by atoms with van der Waals surface area (Å²) in [6, 6.07) is 65.3. The predicted molar refractivity (Wildman–Crippen MR) is 285 cm³/mol. The summed E-state index contributed by atoms with van der Waals surface area (Å²) in [6.07, 6.45) is -10.5. The third kappa shape index (κ3) is 15.0. The van der Waals surface area contributed by atoms with Crippen molar-refractivity contribution in [1.82, 2.24) is 0 Å². The first-order valence-corrected chi connectivity index (χ1v) is 25.7. The summed E-state index contributed by atoms with van der Waals surface area (Å²) in [5.74, 6) is 0.695. The van der Waals surface area contributed by atoms with Crippen molar-refractivity contribution in [3.8, 4) is 5.75 Å². The van der Waals surface area contributed by atoms with Crippen LogP contribution in [0.3, 0.4) is 0 Å². The van der Waals surface area contributed by atoms with Gasteiger partial charge >= 0.3 is 0 Å². The SMILES string of the molecule is COc1ccc(CO[C@H]2[C@H](O[C@H]3O[C@H](COCc4ccccc4)[C@@H](O)[C@H](OCc4ccccc4)[C@H]3N=[N+]=[N-])[C@@H](OCc3ccccc3)[C@H](OCc3ccccc3)C(OCc3ccccc3)[C@H]2OCc2ccccc2)cc1. The highest BCUT2D eigenvalue weighted by Crippen LogP contribution is 2.39. The molecule has 0 radical (unpaired) electrons. The molecular weight excluding hydrogens is 963 g/mol. The van der Waals surface area contributed by atoms with Gasteiger partial charge in [0.2, 0.25) is 0 Å². The Labute approximate surface area is 444 Å². The Hall–Kier alpha value is -6.75. The fourth-order valence-corrected chi connectivity index (χ4v) is 9.52. The number of rotatable bonds is 26. The van der Waals surface area contributed by atoms with Gasteiger partial charge in [0.05, 0.1) is 66.1 Å². The molecule has 2 fully saturated rings. The maximum Gasteiger partial charge on any atom is 0.169 e. The minimum Gasteiger partial charge on any atom is -0.497 e. The van der Waals surface area contributed by atoms with Crippen LogP contribution in [0.2, 0.25) is 0 Å². The summed E-state index contributed by atoms with van der Waals surface area (Å²) in [4.78, 5) is 3.30. The molecule has 0 aromatic heterocycles. The van der Waals surface area contributed by atoms with Gasteiger partial charge < -0.3 is 52.5 Å². The molecule has 394 valence electrons. The zero-order valence-electron chi connectivity index (χ0n) is 42.5. The van der Waals surface area contributed by atoms with Crippen LogP contribution in [0.15, 0.2) is 211 Å². The predicted octanol–water partition coefficient (Wildman–Crippen LogP) is 10.9. The molecule has 0 bridgehead atoms. The van der Waals surface area contributed by atoms with E-state index in [0.717, 1.165) is 38.9 Å². The second-order valence-corrected chi connectivity index (χ2v) is 18.8. The Kier molecular flexibility index (Phi) is 20.2. The highest BCUT2D eigenvalue weighted by molar-refractivity contribution is 5.27. The molecule has 0 amide bonds. The van der Waals surface area contributed by atoms with E-state index in [4.69, 9.17) is 47.4 Å². The number of azide groups is 1. The van der Waals surface area contributed by atoms with Crippen molar-refractivity contribution in [2.24, 2.45) is 5.11 Å². The number of benzene rings is 7. The van der Waals surface area contributed by atoms with E-state index in [9.17, 15) is 10.6 Å². The van der Waals surface area contributed by atoms with E-state index in [1.54, 1.807) is 7.11 Å². The zero-order valence-corrected chi connectivity index (χ0v) is 42.5. The van der Waals surface area contributed by atoms with Crippen molar-refractivity contribution >= 4 is 0 Å². The van der Waals surface area contributed by atoms with Gasteiger partial charge in [-0.2, -0.15) is 0 Å². The lowest BCUT2D eigenvalue weighted by Crippen LogP contribution is -2.69. The molecule has 1 heterocycles. The van der Waals surface area contributed by atoms with Gasteiger partial charge in [0.1, 0.15) is 60.6 Å². The van der Waals surface area contributed by atoms with Gasteiger partial charge in [0.25, 0.3) is 0 Å². The van der Waals surface area contributed by atoms with Crippen molar-refractivity contribution in [3.63, 3.8) is 0 Å². The second-order valence-electron chi connectivity index (χ2n) is 18.8. The maximum absolute atomic E-state index is 12.2. The average Bonchev–Trinajstić information content (AvgIpc) is 3.48. The highest BCUT2D eigenvalue weighted by atomic mass is 16.7. The molecule has 1 aliphatic carbocycles. The van der Waals surface area contributed by atoms with Gasteiger partial charge in [0, 0.05) is 4.91 Å². The molecule has 1 unspecified atom stereocenters. The summed E-state index contributed by atoms with van der Waals surface area (Å²) in [5.41, 5.74) is 16.6. The fraction of sp³-hybridized carbons (Fsp3) is 0.323. The molecule has 1 saturated heterocycles. The summed E-state index contributed by atoms with van der Waals surface area (Å²) in [5, 5.41) is 16.5. The van der Waals surface area contributed by atoms with Gasteiger partial charge in [-0.1, -0.05) is 199 Å². The quantitative estimate of drug-likeness (QED) is 0.0312. The van der Waals surface area contributed by atoms with Gasteiger partial charge in [-0.05, 0) is 56.6 Å². The minimum atomic E-state index is -1.36. The Morgan fingerprint density at radius 3 is 1.08 bits per heavy atom. The van der Waals surface area contributed by atoms with Crippen LogP contribution < -0.4 is 4.74 Å². The van der Waals surface area contributed by atoms with Crippen LogP contribution in [0.1, 0.15) is 38.9 Å². The van der Waals surface area contributed by atoms with E-state index < -0.39 is 67.3 Å². The summed E-state index contributed by atoms with van der Waals surface area (Å²) in [7, 11) is 1.62. The number of hydrogen-bond donors (Lipinski definition) is 1. The number of nitrogens with zero attached hydrogens (tertiary/aromatic N) is 3. The van der Waals surface area contributed by atoms with E-state index in [0.29, 0.717) is 5.75 Å². The average molecular weight is 1030 g/mol. The molecular formula is C62H65N3O11. The van der Waals surface area contributed by atoms with Crippen molar-refractivity contribution in [3.05, 3.63) is 256 Å². The molecule has 2 aliphatic rings. The molecule has 9 rings (SSSR count). The summed E-state index contributed by atoms with van der Waals surface area (Å²) in [6.45, 7) is 1.10. The molecule has 14 heteroatoms. The van der Waals surface area contributed by atoms with Crippen molar-refractivity contribution in [2.75, 3.05) is 13.7 Å². The summed E-state index contributed by atoms with van der Waals surface area (Å²) < 4.78 is 68.3. The first-order chi connectivity index (χ1) is 37.5. The van der Waals surface area contributed by atoms with Gasteiger partial charge in [-0.3, -0.25) is 0 Å². The van der Waals surface area contributed by atoms with Crippen molar-refractivity contribution in [1.29, 1.82) is 0 Å². The number of aliphatic hydroxyl groups excluding tert-OH is 1. The normalized spacial score (nSPS) is 24.3. The van der Waals surface area contributed by atoms with Crippen LogP contribution in [-0.2, 0) is 88.9 Å². The lowest BCUT2D eigenvalue weighted by Gasteiger charge is -2.51. The number of methoxy groups -OCH3 is 1. The lowest BCUT2D eigenvalue weighted by molar-refractivity contribution is -0.340. The van der Waals surface area contributed by atoms with Crippen LogP contribution in [0.25, 0.3) is 10.4 Å². The molecule has 1 N–H and O–H groups in total. The van der Waals surface area contributed by atoms with E-state index in [2.05, 4.69) is 10.0 Å². The Bertz CT molecular complexity index is 2780. The number of aliphatic hydroxyl groups is 1. The van der Waals surface area contributed by atoms with E-state index in [-0.39, 0.29) is 52.9 Å². The van der Waals surface area contributed by atoms with Crippen LogP contribution in [0.5, 0.6) is 5.75 Å². The molecule has 0 spiro atoms. The second kappa shape index (κ2) is 28.4. The van der Waals surface area contributed by atoms with Crippen LogP contribution in [0, 0.1) is 0 Å². The highest BCUT2D eigenvalue weighted by Gasteiger charge is 2.57. The molecule has 1 aliphatic heterocycles. The van der Waals surface area contributed by atoms with E-state index in [1.165, 1.54) is 0 Å². The molecule has 76 heavy (non-hydrogen) atoms. The minimum absolute atomic E-state index is 0.0544. The first-order valence-electron chi connectivity index (χ1n) is 25.7. The topological polar surface area (TPSA) is 161 Å². The van der Waals surface area contributed by atoms with Gasteiger partial charge in [0.15, 0.2) is 6.29 Å². The van der Waals surface area contributed by atoms with Crippen molar-refractivity contribution < 1.29 is 52.5 Å². The van der Waals surface area contributed by atoms with Gasteiger partial charge in [-0.15, -0.1) is 0 Å². The lowest BCUT2D eigenvalue weighted by atomic mass is 9.83. The Morgan fingerprint density at radius 2 is 0.737 bits per heavy atom. The fourth-order valence-electron chi connectivity index (χ4n) is 9.52. The molecule has 14 nitrogen and oxygen atoms in total. The zero-order chi connectivity index (χ0) is 52.2. The third-order valence-electron chi connectivity index (χ3n) is 13.5. The molecule has 7 aromatic carbocycles. The summed E-state index contributed by atoms with van der Waals surface area (Å²) >= 11 is 0. The Morgan fingerprint density at radius 1 is 0.421 bits per heavy atom. The molecule has 11 atom stereocenters. The Balaban J connectivity index is 1.16. The number of ether oxygens (including phenoxy) is 10. The van der Waals surface area contributed by atoms with Crippen LogP contribution in [0.4, 0.5) is 0 Å². The van der Waals surface area contributed by atoms with Crippen molar-refractivity contribution in [2.45, 2.75) is 114 Å². The van der Waals surface area contributed by atoms with E-state index >= 15 is 0 Å². The monoisotopic (exact) mass is 1030 g/mol. The van der Waals surface area contributed by atoms with Gasteiger partial charge in [-0.25, -0.2) is 0 Å². The third-order valence-corrected chi connectivity index (χ3v) is 13.5. The van der Waals surface area contributed by atoms with E-state index in [1.807, 2.05) is 206 Å². The van der Waals surface area contributed by atoms with Crippen LogP contribution >= 0.6 is 0 Å². The number of hydrogen-bond acceptors (Lipinski definition) is 12. The largest absolute Gasteiger partial charge is 0.497 e. The maximum atomic E-state index is 12.2. The van der Waals surface area contributed by atoms with Crippen LogP contribution in [-0.4, -0.2) is 86.1 Å². The first kappa shape index (κ1) is 54.1.